The number of amides is 1. The second kappa shape index (κ2) is 10.6. The fraction of sp³-hybridized carbons (Fsp3) is 0.409. The van der Waals surface area contributed by atoms with Crippen molar-refractivity contribution in [3.05, 3.63) is 40.9 Å². The van der Waals surface area contributed by atoms with Gasteiger partial charge in [0.05, 0.1) is 43.0 Å². The van der Waals surface area contributed by atoms with E-state index in [4.69, 9.17) is 25.8 Å². The summed E-state index contributed by atoms with van der Waals surface area (Å²) < 4.78 is 43.4. The first-order valence-electron chi connectivity index (χ1n) is 10.3. The highest BCUT2D eigenvalue weighted by Crippen LogP contribution is 2.36. The minimum absolute atomic E-state index is 0.159. The van der Waals surface area contributed by atoms with Crippen molar-refractivity contribution in [2.24, 2.45) is 0 Å². The molecule has 0 bridgehead atoms. The van der Waals surface area contributed by atoms with Crippen molar-refractivity contribution in [3.63, 3.8) is 0 Å². The molecule has 2 N–H and O–H groups in total. The first-order chi connectivity index (χ1) is 15.7. The molecule has 3 rings (SSSR count). The van der Waals surface area contributed by atoms with E-state index in [1.165, 1.54) is 24.6 Å². The van der Waals surface area contributed by atoms with Crippen LogP contribution in [0.4, 0.5) is 11.4 Å². The molecule has 0 aliphatic carbocycles. The summed E-state index contributed by atoms with van der Waals surface area (Å²) in [5.41, 5.74) is 1.50. The maximum absolute atomic E-state index is 13.1. The van der Waals surface area contributed by atoms with Crippen molar-refractivity contribution in [3.8, 4) is 11.5 Å². The summed E-state index contributed by atoms with van der Waals surface area (Å²) in [6.07, 6.45) is 0. The number of anilines is 2. The summed E-state index contributed by atoms with van der Waals surface area (Å²) in [7, 11) is -0.697. The maximum Gasteiger partial charge on any atom is 0.246 e. The zero-order valence-corrected chi connectivity index (χ0v) is 20.5. The van der Waals surface area contributed by atoms with E-state index in [9.17, 15) is 13.2 Å². The van der Waals surface area contributed by atoms with E-state index in [1.807, 2.05) is 0 Å². The first-order valence-corrected chi connectivity index (χ1v) is 12.2. The molecule has 1 fully saturated rings. The Morgan fingerprint density at radius 2 is 1.79 bits per heavy atom. The number of halogens is 1. The van der Waals surface area contributed by atoms with Crippen molar-refractivity contribution in [1.29, 1.82) is 0 Å². The molecule has 0 radical (unpaired) electrons. The highest BCUT2D eigenvalue weighted by molar-refractivity contribution is 7.89. The third kappa shape index (κ3) is 5.70. The van der Waals surface area contributed by atoms with Gasteiger partial charge in [-0.3, -0.25) is 4.79 Å². The summed E-state index contributed by atoms with van der Waals surface area (Å²) >= 11 is 6.20. The Bertz CT molecular complexity index is 1120. The van der Waals surface area contributed by atoms with E-state index >= 15 is 0 Å². The van der Waals surface area contributed by atoms with Gasteiger partial charge in [0.15, 0.2) is 0 Å². The predicted octanol–water partition coefficient (Wildman–Crippen LogP) is 3.13. The van der Waals surface area contributed by atoms with Crippen molar-refractivity contribution in [2.45, 2.75) is 24.8 Å². The van der Waals surface area contributed by atoms with Crippen LogP contribution in [-0.2, 0) is 19.6 Å². The SMILES string of the molecule is COc1cc(OC)c(N[C@@H](C)C(=O)Nc2ccc(C)c(S(=O)(=O)N3CCOCC3)c2)cc1Cl. The molecule has 2 aromatic rings. The van der Waals surface area contributed by atoms with Gasteiger partial charge in [-0.15, -0.1) is 0 Å². The summed E-state index contributed by atoms with van der Waals surface area (Å²) in [5, 5.41) is 6.20. The minimum atomic E-state index is -3.70. The molecular weight excluding hydrogens is 470 g/mol. The fourth-order valence-electron chi connectivity index (χ4n) is 3.40. The minimum Gasteiger partial charge on any atom is -0.495 e. The third-order valence-electron chi connectivity index (χ3n) is 5.28. The summed E-state index contributed by atoms with van der Waals surface area (Å²) in [6, 6.07) is 7.38. The average molecular weight is 498 g/mol. The molecule has 1 atom stereocenters. The van der Waals surface area contributed by atoms with Crippen LogP contribution in [0.2, 0.25) is 5.02 Å². The topological polar surface area (TPSA) is 106 Å². The van der Waals surface area contributed by atoms with Gasteiger partial charge in [0.25, 0.3) is 0 Å². The highest BCUT2D eigenvalue weighted by Gasteiger charge is 2.28. The number of carbonyl (C=O) groups excluding carboxylic acids is 1. The maximum atomic E-state index is 13.1. The van der Waals surface area contributed by atoms with Crippen molar-refractivity contribution < 1.29 is 27.4 Å². The monoisotopic (exact) mass is 497 g/mol. The molecule has 0 aromatic heterocycles. The zero-order chi connectivity index (χ0) is 24.2. The fourth-order valence-corrected chi connectivity index (χ4v) is 5.30. The van der Waals surface area contributed by atoms with E-state index in [0.29, 0.717) is 59.8 Å². The largest absolute Gasteiger partial charge is 0.495 e. The number of nitrogens with one attached hydrogen (secondary N) is 2. The van der Waals surface area contributed by atoms with Gasteiger partial charge >= 0.3 is 0 Å². The number of aryl methyl sites for hydroxylation is 1. The van der Waals surface area contributed by atoms with E-state index < -0.39 is 16.1 Å². The highest BCUT2D eigenvalue weighted by atomic mass is 35.5. The van der Waals surface area contributed by atoms with Gasteiger partial charge in [-0.25, -0.2) is 8.42 Å². The Balaban J connectivity index is 1.77. The van der Waals surface area contributed by atoms with E-state index in [1.54, 1.807) is 38.1 Å². The van der Waals surface area contributed by atoms with E-state index in [2.05, 4.69) is 10.6 Å². The summed E-state index contributed by atoms with van der Waals surface area (Å²) in [4.78, 5) is 13.0. The lowest BCUT2D eigenvalue weighted by atomic mass is 10.2. The Hall–Kier alpha value is -2.53. The number of morpholine rings is 1. The number of rotatable bonds is 8. The van der Waals surface area contributed by atoms with Crippen LogP contribution < -0.4 is 20.1 Å². The normalized spacial score (nSPS) is 15.5. The molecule has 1 saturated heterocycles. The summed E-state index contributed by atoms with van der Waals surface area (Å²) in [5.74, 6) is 0.553. The molecule has 9 nitrogen and oxygen atoms in total. The van der Waals surface area contributed by atoms with Gasteiger partial charge in [0.1, 0.15) is 17.5 Å². The number of nitrogens with zero attached hydrogens (tertiary/aromatic N) is 1. The number of ether oxygens (including phenoxy) is 3. The second-order valence-electron chi connectivity index (χ2n) is 7.54. The van der Waals surface area contributed by atoms with Crippen LogP contribution in [0.15, 0.2) is 35.2 Å². The van der Waals surface area contributed by atoms with Crippen molar-refractivity contribution in [2.75, 3.05) is 51.2 Å². The molecule has 1 amide bonds. The number of hydrogen-bond donors (Lipinski definition) is 2. The quantitative estimate of drug-likeness (QED) is 0.577. The molecule has 0 unspecified atom stereocenters. The predicted molar refractivity (Wildman–Crippen MR) is 127 cm³/mol. The number of benzene rings is 2. The summed E-state index contributed by atoms with van der Waals surface area (Å²) in [6.45, 7) is 4.71. The molecule has 180 valence electrons. The number of methoxy groups -OCH3 is 2. The lowest BCUT2D eigenvalue weighted by Gasteiger charge is -2.27. The number of sulfonamides is 1. The molecule has 1 aliphatic rings. The van der Waals surface area contributed by atoms with Crippen LogP contribution >= 0.6 is 11.6 Å². The molecule has 1 heterocycles. The van der Waals surface area contributed by atoms with Crippen LogP contribution in [-0.4, -0.2) is 65.2 Å². The van der Waals surface area contributed by atoms with Gasteiger partial charge in [-0.05, 0) is 37.6 Å². The Morgan fingerprint density at radius 1 is 1.12 bits per heavy atom. The average Bonchev–Trinajstić information content (AvgIpc) is 2.81. The Kier molecular flexibility index (Phi) is 8.06. The van der Waals surface area contributed by atoms with Gasteiger partial charge in [0.2, 0.25) is 15.9 Å². The standard InChI is InChI=1S/C22H28ClN3O6S/c1-14-5-6-16(11-21(14)33(28,29)26-7-9-32-10-8-26)25-22(27)15(2)24-18-12-17(23)19(30-3)13-20(18)31-4/h5-6,11-13,15,24H,7-10H2,1-4H3,(H,25,27)/t15-/m0/s1. The van der Waals surface area contributed by atoms with Crippen molar-refractivity contribution in [1.82, 2.24) is 4.31 Å². The lowest BCUT2D eigenvalue weighted by Crippen LogP contribution is -2.40. The molecule has 1 aliphatic heterocycles. The van der Waals surface area contributed by atoms with Crippen LogP contribution in [0.3, 0.4) is 0 Å². The zero-order valence-electron chi connectivity index (χ0n) is 19.0. The number of carbonyl (C=O) groups is 1. The molecule has 0 saturated carbocycles. The van der Waals surface area contributed by atoms with Crippen LogP contribution in [0.25, 0.3) is 0 Å². The van der Waals surface area contributed by atoms with Crippen LogP contribution in [0.1, 0.15) is 12.5 Å². The molecule has 33 heavy (non-hydrogen) atoms. The van der Waals surface area contributed by atoms with Gasteiger partial charge in [-0.2, -0.15) is 4.31 Å². The Labute approximate surface area is 199 Å². The third-order valence-corrected chi connectivity index (χ3v) is 7.62. The Morgan fingerprint density at radius 3 is 2.42 bits per heavy atom. The smallest absolute Gasteiger partial charge is 0.246 e. The van der Waals surface area contributed by atoms with Gasteiger partial charge in [-0.1, -0.05) is 17.7 Å². The van der Waals surface area contributed by atoms with Gasteiger partial charge in [0, 0.05) is 24.8 Å². The first kappa shape index (κ1) is 25.1. The molecule has 0 spiro atoms. The molecule has 2 aromatic carbocycles. The van der Waals surface area contributed by atoms with Gasteiger partial charge < -0.3 is 24.8 Å². The molecular formula is C22H28ClN3O6S. The van der Waals surface area contributed by atoms with E-state index in [0.717, 1.165) is 0 Å². The van der Waals surface area contributed by atoms with E-state index in [-0.39, 0.29) is 10.8 Å². The molecule has 11 heteroatoms. The van der Waals surface area contributed by atoms with Crippen molar-refractivity contribution >= 4 is 38.9 Å². The lowest BCUT2D eigenvalue weighted by molar-refractivity contribution is -0.116. The second-order valence-corrected chi connectivity index (χ2v) is 9.85. The number of hydrogen-bond acceptors (Lipinski definition) is 7. The van der Waals surface area contributed by atoms with Crippen LogP contribution in [0, 0.1) is 6.92 Å². The van der Waals surface area contributed by atoms with Crippen LogP contribution in [0.5, 0.6) is 11.5 Å².